The van der Waals surface area contributed by atoms with Crippen molar-refractivity contribution in [2.75, 3.05) is 26.3 Å². The van der Waals surface area contributed by atoms with Crippen LogP contribution in [0.1, 0.15) is 35.4 Å². The van der Waals surface area contributed by atoms with E-state index in [4.69, 9.17) is 18.8 Å². The van der Waals surface area contributed by atoms with Crippen molar-refractivity contribution in [2.45, 2.75) is 57.2 Å². The summed E-state index contributed by atoms with van der Waals surface area (Å²) in [5.74, 6) is -0.814. The number of likely N-dealkylation sites (tertiary alicyclic amines) is 1. The third kappa shape index (κ3) is 11.8. The highest BCUT2D eigenvalue weighted by Crippen LogP contribution is 2.22. The van der Waals surface area contributed by atoms with Crippen LogP contribution in [0.4, 0.5) is 13.6 Å². The fraction of sp³-hybridized carbons (Fsp3) is 0.343. The van der Waals surface area contributed by atoms with Crippen LogP contribution in [-0.2, 0) is 21.5 Å². The van der Waals surface area contributed by atoms with Gasteiger partial charge in [-0.15, -0.1) is 0 Å². The molecule has 4 aromatic rings. The lowest BCUT2D eigenvalue weighted by Gasteiger charge is -2.39. The van der Waals surface area contributed by atoms with E-state index in [0.717, 1.165) is 30.5 Å². The van der Waals surface area contributed by atoms with Gasteiger partial charge in [0.2, 0.25) is 0 Å². The first-order valence-corrected chi connectivity index (χ1v) is 17.1. The SMILES string of the molecule is Cc1ccc(OC[C@@H]2CCN2)c(F)n1.Cc1ccc(OC[C@@H]2CCN2C(=O)OCc2ccccc2)c(F)n1.Cc1ccc(S(=O)(=O)O)cc1. The second-order valence-corrected chi connectivity index (χ2v) is 12.9. The Labute approximate surface area is 285 Å². The predicted molar refractivity (Wildman–Crippen MR) is 178 cm³/mol. The third-order valence-corrected chi connectivity index (χ3v) is 8.47. The Kier molecular flexibility index (Phi) is 13.4. The maximum Gasteiger partial charge on any atom is 0.410 e. The van der Waals surface area contributed by atoms with Gasteiger partial charge in [0.25, 0.3) is 22.0 Å². The molecule has 0 bridgehead atoms. The molecule has 2 aromatic heterocycles. The number of rotatable bonds is 9. The number of hydrogen-bond acceptors (Lipinski definition) is 9. The third-order valence-electron chi connectivity index (χ3n) is 7.61. The number of pyridine rings is 2. The van der Waals surface area contributed by atoms with Crippen molar-refractivity contribution < 1.29 is 40.8 Å². The van der Waals surface area contributed by atoms with E-state index in [1.807, 2.05) is 37.3 Å². The number of carbonyl (C=O) groups excluding carboxylic acids is 1. The smallest absolute Gasteiger partial charge is 0.410 e. The van der Waals surface area contributed by atoms with Crippen molar-refractivity contribution in [1.29, 1.82) is 0 Å². The van der Waals surface area contributed by atoms with Gasteiger partial charge in [0.15, 0.2) is 11.5 Å². The van der Waals surface area contributed by atoms with Gasteiger partial charge >= 0.3 is 6.09 Å². The van der Waals surface area contributed by atoms with Crippen molar-refractivity contribution in [2.24, 2.45) is 0 Å². The van der Waals surface area contributed by atoms with E-state index >= 15 is 0 Å². The Bertz CT molecular complexity index is 1780. The van der Waals surface area contributed by atoms with Crippen LogP contribution in [0.5, 0.6) is 11.5 Å². The van der Waals surface area contributed by atoms with E-state index in [0.29, 0.717) is 30.6 Å². The van der Waals surface area contributed by atoms with E-state index in [2.05, 4.69) is 15.3 Å². The highest BCUT2D eigenvalue weighted by molar-refractivity contribution is 7.85. The van der Waals surface area contributed by atoms with Crippen LogP contribution in [0.2, 0.25) is 0 Å². The summed E-state index contributed by atoms with van der Waals surface area (Å²) in [5, 5.41) is 3.18. The van der Waals surface area contributed by atoms with Gasteiger partial charge in [-0.2, -0.15) is 17.2 Å². The van der Waals surface area contributed by atoms with Crippen LogP contribution in [0.15, 0.2) is 83.8 Å². The van der Waals surface area contributed by atoms with Gasteiger partial charge in [-0.05, 0) is 82.1 Å². The first-order valence-electron chi connectivity index (χ1n) is 15.7. The molecule has 0 spiro atoms. The number of aryl methyl sites for hydroxylation is 3. The van der Waals surface area contributed by atoms with Crippen molar-refractivity contribution >= 4 is 16.2 Å². The van der Waals surface area contributed by atoms with E-state index in [1.165, 1.54) is 12.1 Å². The number of benzene rings is 2. The van der Waals surface area contributed by atoms with Crippen molar-refractivity contribution in [1.82, 2.24) is 20.2 Å². The molecule has 6 rings (SSSR count). The monoisotopic (exact) mass is 698 g/mol. The molecule has 0 unspecified atom stereocenters. The minimum atomic E-state index is -4.02. The Morgan fingerprint density at radius 3 is 1.90 bits per heavy atom. The van der Waals surface area contributed by atoms with Crippen LogP contribution in [0, 0.1) is 32.7 Å². The summed E-state index contributed by atoms with van der Waals surface area (Å²) in [6.45, 7) is 7.93. The zero-order valence-electron chi connectivity index (χ0n) is 27.5. The number of hydrogen-bond donors (Lipinski definition) is 2. The average Bonchev–Trinajstić information content (AvgIpc) is 3.02. The van der Waals surface area contributed by atoms with E-state index in [-0.39, 0.29) is 41.7 Å². The van der Waals surface area contributed by atoms with Crippen LogP contribution in [0.25, 0.3) is 0 Å². The summed E-state index contributed by atoms with van der Waals surface area (Å²) in [7, 11) is -4.02. The molecule has 0 saturated carbocycles. The summed E-state index contributed by atoms with van der Waals surface area (Å²) in [6.07, 6.45) is 1.53. The van der Waals surface area contributed by atoms with Gasteiger partial charge in [0, 0.05) is 24.0 Å². The topological polar surface area (TPSA) is 140 Å². The summed E-state index contributed by atoms with van der Waals surface area (Å²) >= 11 is 0. The van der Waals surface area contributed by atoms with Crippen LogP contribution >= 0.6 is 0 Å². The maximum absolute atomic E-state index is 13.6. The number of nitrogens with one attached hydrogen (secondary N) is 1. The van der Waals surface area contributed by atoms with E-state index in [9.17, 15) is 22.0 Å². The largest absolute Gasteiger partial charge is 0.487 e. The second-order valence-electron chi connectivity index (χ2n) is 11.5. The van der Waals surface area contributed by atoms with Crippen LogP contribution in [-0.4, -0.2) is 72.3 Å². The molecule has 2 aliphatic heterocycles. The zero-order valence-corrected chi connectivity index (χ0v) is 28.3. The lowest BCUT2D eigenvalue weighted by Crippen LogP contribution is -2.54. The summed E-state index contributed by atoms with van der Waals surface area (Å²) < 4.78 is 72.4. The van der Waals surface area contributed by atoms with Crippen molar-refractivity contribution in [3.8, 4) is 11.5 Å². The highest BCUT2D eigenvalue weighted by atomic mass is 32.2. The molecular weight excluding hydrogens is 658 g/mol. The number of amides is 1. The lowest BCUT2D eigenvalue weighted by molar-refractivity contribution is 0.0253. The molecule has 0 radical (unpaired) electrons. The first kappa shape index (κ1) is 37.2. The van der Waals surface area contributed by atoms with Gasteiger partial charge in [-0.1, -0.05) is 48.0 Å². The molecule has 4 heterocycles. The second kappa shape index (κ2) is 17.7. The molecule has 0 aliphatic carbocycles. The summed E-state index contributed by atoms with van der Waals surface area (Å²) in [6, 6.07) is 22.4. The fourth-order valence-electron chi connectivity index (χ4n) is 4.47. The molecular formula is C35H40F2N4O7S. The van der Waals surface area contributed by atoms with Gasteiger partial charge in [0.1, 0.15) is 19.8 Å². The number of halogens is 2. The Morgan fingerprint density at radius 2 is 1.43 bits per heavy atom. The number of nitrogens with zero attached hydrogens (tertiary/aromatic N) is 3. The molecule has 2 atom stereocenters. The van der Waals surface area contributed by atoms with Gasteiger partial charge in [-0.25, -0.2) is 14.8 Å². The molecule has 2 fully saturated rings. The quantitative estimate of drug-likeness (QED) is 0.162. The maximum atomic E-state index is 13.6. The van der Waals surface area contributed by atoms with Crippen LogP contribution < -0.4 is 14.8 Å². The highest BCUT2D eigenvalue weighted by Gasteiger charge is 2.34. The zero-order chi connectivity index (χ0) is 35.4. The number of ether oxygens (including phenoxy) is 3. The standard InChI is InChI=1S/C18H19FN2O3.C10H13FN2O.C7H8O3S/c1-13-7-8-16(17(19)20-13)23-12-15-9-10-21(15)18(22)24-11-14-5-3-2-4-6-14;1-7-2-3-9(10(11)13-7)14-6-8-4-5-12-8;1-6-2-4-7(5-3-6)11(8,9)10/h2-8,15H,9-12H2,1H3;2-3,8,12H,4-6H2,1H3;2-5H,1H3,(H,8,9,10)/t15-;8-;/m00./s1. The molecule has 49 heavy (non-hydrogen) atoms. The summed E-state index contributed by atoms with van der Waals surface area (Å²) in [5.41, 5.74) is 3.15. The predicted octanol–water partition coefficient (Wildman–Crippen LogP) is 5.83. The number of aromatic nitrogens is 2. The van der Waals surface area contributed by atoms with Gasteiger partial charge < -0.3 is 24.4 Å². The van der Waals surface area contributed by atoms with Crippen molar-refractivity contribution in [3.63, 3.8) is 0 Å². The van der Waals surface area contributed by atoms with E-state index in [1.54, 1.807) is 55.1 Å². The average molecular weight is 699 g/mol. The van der Waals surface area contributed by atoms with Crippen molar-refractivity contribution in [3.05, 3.63) is 113 Å². The minimum Gasteiger partial charge on any atom is -0.487 e. The fourth-order valence-corrected chi connectivity index (χ4v) is 4.95. The molecule has 262 valence electrons. The van der Waals surface area contributed by atoms with Gasteiger partial charge in [-0.3, -0.25) is 4.55 Å². The first-order chi connectivity index (χ1) is 23.4. The molecule has 2 aliphatic rings. The lowest BCUT2D eigenvalue weighted by atomic mass is 10.1. The molecule has 2 saturated heterocycles. The molecule has 1 amide bonds. The Morgan fingerprint density at radius 1 is 0.857 bits per heavy atom. The molecule has 14 heteroatoms. The number of carbonyl (C=O) groups is 1. The minimum absolute atomic E-state index is 0.0666. The normalized spacial score (nSPS) is 16.4. The molecule has 2 N–H and O–H groups in total. The molecule has 11 nitrogen and oxygen atoms in total. The molecule has 2 aromatic carbocycles. The van der Waals surface area contributed by atoms with Crippen LogP contribution in [0.3, 0.4) is 0 Å². The van der Waals surface area contributed by atoms with E-state index < -0.39 is 22.0 Å². The Hall–Kier alpha value is -4.66. The summed E-state index contributed by atoms with van der Waals surface area (Å²) in [4.78, 5) is 21.0. The van der Waals surface area contributed by atoms with Gasteiger partial charge in [0.05, 0.1) is 10.9 Å². The Balaban J connectivity index is 0.000000183.